The Morgan fingerprint density at radius 3 is 1.96 bits per heavy atom. The van der Waals surface area contributed by atoms with Gasteiger partial charge in [-0.15, -0.1) is 0 Å². The number of aromatic carboxylic acids is 1. The van der Waals surface area contributed by atoms with E-state index in [4.69, 9.17) is 4.55 Å². The van der Waals surface area contributed by atoms with Crippen molar-refractivity contribution in [3.63, 3.8) is 0 Å². The number of hydrogen-bond donors (Lipinski definition) is 2. The SMILES string of the molecule is Cc1c(C)c(C)c(C(=O)OC#CC(=O)OCCS(=O)(=O)O)c(C(=O)O)c1C. The fourth-order valence-electron chi connectivity index (χ4n) is 2.28. The van der Waals surface area contributed by atoms with Crippen LogP contribution in [0.1, 0.15) is 43.0 Å². The van der Waals surface area contributed by atoms with Gasteiger partial charge < -0.3 is 14.6 Å². The lowest BCUT2D eigenvalue weighted by molar-refractivity contribution is -0.136. The first-order valence-electron chi connectivity index (χ1n) is 7.54. The van der Waals surface area contributed by atoms with Gasteiger partial charge in [0.05, 0.1) is 17.0 Å². The largest absolute Gasteiger partial charge is 0.478 e. The molecule has 0 aliphatic rings. The third kappa shape index (κ3) is 5.80. The van der Waals surface area contributed by atoms with Gasteiger partial charge in [0.15, 0.2) is 0 Å². The van der Waals surface area contributed by atoms with Crippen molar-refractivity contribution in [2.24, 2.45) is 0 Å². The summed E-state index contributed by atoms with van der Waals surface area (Å²) in [5.74, 6) is -2.53. The van der Waals surface area contributed by atoms with E-state index in [-0.39, 0.29) is 11.1 Å². The number of rotatable bonds is 5. The summed E-state index contributed by atoms with van der Waals surface area (Å²) >= 11 is 0. The number of carboxylic acids is 1. The molecule has 0 aliphatic heterocycles. The molecule has 1 aromatic carbocycles. The molecule has 0 heterocycles. The molecule has 27 heavy (non-hydrogen) atoms. The first-order chi connectivity index (χ1) is 12.4. The standard InChI is InChI=1S/C17H18O9S/c1-9-10(2)12(4)15(14(11(9)3)16(19)20)17(21)26-6-5-13(18)25-7-8-27(22,23)24/h7-8H2,1-4H3,(H,19,20)(H,22,23,24). The highest BCUT2D eigenvalue weighted by Gasteiger charge is 2.25. The summed E-state index contributed by atoms with van der Waals surface area (Å²) in [5, 5.41) is 9.42. The average Bonchev–Trinajstić information content (AvgIpc) is 2.54. The van der Waals surface area contributed by atoms with Crippen LogP contribution in [0.25, 0.3) is 0 Å². The highest BCUT2D eigenvalue weighted by atomic mass is 32.2. The van der Waals surface area contributed by atoms with Crippen molar-refractivity contribution in [1.29, 1.82) is 0 Å². The molecule has 0 bridgehead atoms. The molecular formula is C17H18O9S. The highest BCUT2D eigenvalue weighted by molar-refractivity contribution is 7.85. The Bertz CT molecular complexity index is 963. The third-order valence-corrected chi connectivity index (χ3v) is 4.66. The molecule has 0 spiro atoms. The Balaban J connectivity index is 3.00. The molecule has 0 aliphatic carbocycles. The second-order valence-electron chi connectivity index (χ2n) is 5.59. The lowest BCUT2D eigenvalue weighted by atomic mass is 9.89. The first kappa shape index (κ1) is 22.1. The molecule has 1 aromatic rings. The van der Waals surface area contributed by atoms with E-state index in [9.17, 15) is 27.9 Å². The number of carbonyl (C=O) groups is 3. The van der Waals surface area contributed by atoms with Crippen LogP contribution in [-0.2, 0) is 24.4 Å². The Kier molecular flexibility index (Phi) is 7.10. The molecule has 0 aromatic heterocycles. The van der Waals surface area contributed by atoms with Crippen LogP contribution in [0.4, 0.5) is 0 Å². The van der Waals surface area contributed by atoms with E-state index in [1.54, 1.807) is 39.7 Å². The summed E-state index contributed by atoms with van der Waals surface area (Å²) in [7, 11) is -4.29. The maximum Gasteiger partial charge on any atom is 0.387 e. The quantitative estimate of drug-likeness (QED) is 0.424. The van der Waals surface area contributed by atoms with Crippen molar-refractivity contribution in [3.05, 3.63) is 33.4 Å². The van der Waals surface area contributed by atoms with Gasteiger partial charge in [0, 0.05) is 0 Å². The van der Waals surface area contributed by atoms with Crippen LogP contribution >= 0.6 is 0 Å². The van der Waals surface area contributed by atoms with E-state index in [1.165, 1.54) is 0 Å². The van der Waals surface area contributed by atoms with E-state index < -0.39 is 40.4 Å². The fraction of sp³-hybridized carbons (Fsp3) is 0.353. The van der Waals surface area contributed by atoms with E-state index in [0.717, 1.165) is 11.1 Å². The van der Waals surface area contributed by atoms with Crippen molar-refractivity contribution in [3.8, 4) is 12.0 Å². The monoisotopic (exact) mass is 398 g/mol. The summed E-state index contributed by atoms with van der Waals surface area (Å²) in [6, 6.07) is 0. The van der Waals surface area contributed by atoms with Gasteiger partial charge in [-0.1, -0.05) is 0 Å². The van der Waals surface area contributed by atoms with Crippen LogP contribution in [0.5, 0.6) is 0 Å². The predicted octanol–water partition coefficient (Wildman–Crippen LogP) is 1.17. The minimum Gasteiger partial charge on any atom is -0.478 e. The molecule has 0 radical (unpaired) electrons. The number of benzene rings is 1. The summed E-state index contributed by atoms with van der Waals surface area (Å²) in [6.07, 6.45) is 1.80. The molecule has 2 N–H and O–H groups in total. The zero-order valence-corrected chi connectivity index (χ0v) is 15.9. The molecular weight excluding hydrogens is 380 g/mol. The van der Waals surface area contributed by atoms with Crippen LogP contribution in [0.2, 0.25) is 0 Å². The zero-order chi connectivity index (χ0) is 20.9. The molecule has 9 nitrogen and oxygen atoms in total. The van der Waals surface area contributed by atoms with Gasteiger partial charge in [-0.2, -0.15) is 8.42 Å². The molecule has 0 unspecified atom stereocenters. The van der Waals surface area contributed by atoms with Crippen LogP contribution in [0, 0.1) is 39.7 Å². The normalized spacial score (nSPS) is 10.6. The van der Waals surface area contributed by atoms with Gasteiger partial charge in [-0.25, -0.2) is 14.4 Å². The van der Waals surface area contributed by atoms with Crippen LogP contribution in [0.3, 0.4) is 0 Å². The van der Waals surface area contributed by atoms with Crippen LogP contribution in [0.15, 0.2) is 0 Å². The Labute approximate surface area is 156 Å². The van der Waals surface area contributed by atoms with E-state index >= 15 is 0 Å². The molecule has 0 amide bonds. The Hall–Kier alpha value is -2.90. The summed E-state index contributed by atoms with van der Waals surface area (Å²) in [4.78, 5) is 35.1. The van der Waals surface area contributed by atoms with Gasteiger partial charge in [0.2, 0.25) is 0 Å². The maximum absolute atomic E-state index is 12.3. The molecule has 10 heteroatoms. The van der Waals surface area contributed by atoms with E-state index in [1.807, 2.05) is 0 Å². The van der Waals surface area contributed by atoms with Gasteiger partial charge in [-0.3, -0.25) is 4.55 Å². The minimum absolute atomic E-state index is 0.169. The second kappa shape index (κ2) is 8.66. The smallest absolute Gasteiger partial charge is 0.387 e. The van der Waals surface area contributed by atoms with Crippen LogP contribution in [-0.4, -0.2) is 48.3 Å². The lowest BCUT2D eigenvalue weighted by Crippen LogP contribution is -2.16. The number of carboxylic acid groups (broad SMARTS) is 1. The Morgan fingerprint density at radius 2 is 1.48 bits per heavy atom. The maximum atomic E-state index is 12.3. The lowest BCUT2D eigenvalue weighted by Gasteiger charge is -2.16. The zero-order valence-electron chi connectivity index (χ0n) is 15.1. The van der Waals surface area contributed by atoms with Gasteiger partial charge in [-0.05, 0) is 49.9 Å². The number of carbonyl (C=O) groups excluding carboxylic acids is 2. The van der Waals surface area contributed by atoms with Crippen molar-refractivity contribution < 1.29 is 41.9 Å². The predicted molar refractivity (Wildman–Crippen MR) is 92.9 cm³/mol. The number of hydrogen-bond acceptors (Lipinski definition) is 7. The number of ether oxygens (including phenoxy) is 2. The number of esters is 2. The van der Waals surface area contributed by atoms with E-state index in [2.05, 4.69) is 9.47 Å². The molecule has 0 fully saturated rings. The topological polar surface area (TPSA) is 144 Å². The van der Waals surface area contributed by atoms with E-state index in [0.29, 0.717) is 11.1 Å². The molecule has 0 saturated carbocycles. The van der Waals surface area contributed by atoms with Crippen molar-refractivity contribution in [2.75, 3.05) is 12.4 Å². The van der Waals surface area contributed by atoms with Crippen molar-refractivity contribution in [2.45, 2.75) is 27.7 Å². The minimum atomic E-state index is -4.29. The van der Waals surface area contributed by atoms with Gasteiger partial charge in [0.25, 0.3) is 10.1 Å². The Morgan fingerprint density at radius 1 is 0.963 bits per heavy atom. The molecule has 0 atom stereocenters. The van der Waals surface area contributed by atoms with Crippen LogP contribution < -0.4 is 0 Å². The molecule has 0 saturated heterocycles. The van der Waals surface area contributed by atoms with Gasteiger partial charge in [0.1, 0.15) is 18.5 Å². The van der Waals surface area contributed by atoms with Crippen molar-refractivity contribution in [1.82, 2.24) is 0 Å². The summed E-state index contributed by atoms with van der Waals surface area (Å²) in [5.41, 5.74) is 1.90. The molecule has 146 valence electrons. The second-order valence-corrected chi connectivity index (χ2v) is 7.17. The average molecular weight is 398 g/mol. The van der Waals surface area contributed by atoms with Crippen molar-refractivity contribution >= 4 is 28.0 Å². The fourth-order valence-corrected chi connectivity index (χ4v) is 2.57. The third-order valence-electron chi connectivity index (χ3n) is 3.98. The highest BCUT2D eigenvalue weighted by Crippen LogP contribution is 2.27. The summed E-state index contributed by atoms with van der Waals surface area (Å²) < 4.78 is 38.5. The summed E-state index contributed by atoms with van der Waals surface area (Å²) in [6.45, 7) is 5.99. The molecule has 1 rings (SSSR count). The first-order valence-corrected chi connectivity index (χ1v) is 9.15. The van der Waals surface area contributed by atoms with Gasteiger partial charge >= 0.3 is 17.9 Å².